The lowest BCUT2D eigenvalue weighted by Gasteiger charge is -1.98. The van der Waals surface area contributed by atoms with Gasteiger partial charge in [0.25, 0.3) is 0 Å². The Labute approximate surface area is 58.7 Å². The average Bonchev–Trinajstić information content (AvgIpc) is 1.89. The Hall–Kier alpha value is -0.740. The zero-order valence-electron chi connectivity index (χ0n) is 4.70. The summed E-state index contributed by atoms with van der Waals surface area (Å²) >= 11 is 4.07. The van der Waals surface area contributed by atoms with Crippen LogP contribution in [0.4, 0.5) is 5.82 Å². The molecule has 0 aromatic carbocycles. The predicted octanol–water partition coefficient (Wildman–Crippen LogP) is 0.656. The van der Waals surface area contributed by atoms with E-state index in [-0.39, 0.29) is 0 Å². The third-order valence-corrected chi connectivity index (χ3v) is 1.28. The van der Waals surface area contributed by atoms with Gasteiger partial charge in [-0.2, -0.15) is 0 Å². The molecule has 0 radical (unpaired) electrons. The number of hydrazine groups is 1. The van der Waals surface area contributed by atoms with Crippen LogP contribution in [0.15, 0.2) is 23.2 Å². The summed E-state index contributed by atoms with van der Waals surface area (Å²) in [7, 11) is 0. The van der Waals surface area contributed by atoms with Crippen molar-refractivity contribution >= 4 is 18.4 Å². The Morgan fingerprint density at radius 1 is 1.67 bits per heavy atom. The van der Waals surface area contributed by atoms with E-state index in [1.807, 2.05) is 6.07 Å². The van der Waals surface area contributed by atoms with E-state index in [1.165, 1.54) is 0 Å². The number of pyridine rings is 1. The van der Waals surface area contributed by atoms with Gasteiger partial charge in [-0.1, -0.05) is 0 Å². The van der Waals surface area contributed by atoms with Gasteiger partial charge in [0.05, 0.1) is 0 Å². The quantitative estimate of drug-likeness (QED) is 0.306. The van der Waals surface area contributed by atoms with Crippen molar-refractivity contribution in [2.24, 2.45) is 5.84 Å². The number of hydrogen-bond acceptors (Lipinski definition) is 4. The van der Waals surface area contributed by atoms with Crippen molar-refractivity contribution in [3.05, 3.63) is 18.3 Å². The van der Waals surface area contributed by atoms with Gasteiger partial charge in [-0.05, 0) is 12.1 Å². The Morgan fingerprint density at radius 3 is 2.89 bits per heavy atom. The fraction of sp³-hybridized carbons (Fsp3) is 0. The average molecular weight is 141 g/mol. The molecule has 0 saturated carbocycles. The Bertz CT molecular complexity index is 201. The molecule has 0 spiro atoms. The lowest BCUT2D eigenvalue weighted by Crippen LogP contribution is -2.08. The summed E-state index contributed by atoms with van der Waals surface area (Å²) in [6.45, 7) is 0. The normalized spacial score (nSPS) is 9.11. The maximum atomic E-state index is 5.09. The van der Waals surface area contributed by atoms with E-state index in [4.69, 9.17) is 5.84 Å². The Balaban J connectivity index is 3.01. The standard InChI is InChI=1S/C5H7N3S/c6-8-5-4(9)2-1-3-7-5/h1-3,9H,6H2,(H,7,8). The number of aromatic nitrogens is 1. The number of hydrogen-bond donors (Lipinski definition) is 3. The highest BCUT2D eigenvalue weighted by Crippen LogP contribution is 2.12. The molecule has 0 aliphatic carbocycles. The van der Waals surface area contributed by atoms with Gasteiger partial charge in [0.15, 0.2) is 5.82 Å². The molecule has 0 fully saturated rings. The molecule has 0 aliphatic rings. The third-order valence-electron chi connectivity index (χ3n) is 0.923. The Kier molecular flexibility index (Phi) is 1.92. The molecule has 3 nitrogen and oxygen atoms in total. The van der Waals surface area contributed by atoms with Crippen LogP contribution in [0.3, 0.4) is 0 Å². The van der Waals surface area contributed by atoms with Gasteiger partial charge in [-0.15, -0.1) is 12.6 Å². The first-order valence-electron chi connectivity index (χ1n) is 2.45. The highest BCUT2D eigenvalue weighted by atomic mass is 32.1. The van der Waals surface area contributed by atoms with E-state index in [2.05, 4.69) is 23.0 Å². The van der Waals surface area contributed by atoms with Crippen LogP contribution in [-0.2, 0) is 0 Å². The summed E-state index contributed by atoms with van der Waals surface area (Å²) in [6.07, 6.45) is 1.65. The number of anilines is 1. The summed E-state index contributed by atoms with van der Waals surface area (Å²) in [5.41, 5.74) is 2.41. The molecule has 1 rings (SSSR count). The topological polar surface area (TPSA) is 50.9 Å². The molecule has 1 aromatic rings. The highest BCUT2D eigenvalue weighted by molar-refractivity contribution is 7.80. The lowest BCUT2D eigenvalue weighted by atomic mass is 10.5. The maximum Gasteiger partial charge on any atom is 0.153 e. The molecular weight excluding hydrogens is 134 g/mol. The zero-order chi connectivity index (χ0) is 6.69. The molecule has 48 valence electrons. The second-order valence-electron chi connectivity index (χ2n) is 1.52. The van der Waals surface area contributed by atoms with E-state index in [0.29, 0.717) is 5.82 Å². The lowest BCUT2D eigenvalue weighted by molar-refractivity contribution is 1.17. The molecule has 1 heterocycles. The van der Waals surface area contributed by atoms with E-state index in [9.17, 15) is 0 Å². The number of nitrogens with two attached hydrogens (primary N) is 1. The molecule has 4 heteroatoms. The monoisotopic (exact) mass is 141 g/mol. The minimum atomic E-state index is 0.598. The minimum Gasteiger partial charge on any atom is -0.308 e. The van der Waals surface area contributed by atoms with Crippen molar-refractivity contribution in [1.82, 2.24) is 4.98 Å². The second-order valence-corrected chi connectivity index (χ2v) is 2.00. The molecule has 1 aromatic heterocycles. The van der Waals surface area contributed by atoms with Gasteiger partial charge >= 0.3 is 0 Å². The van der Waals surface area contributed by atoms with Gasteiger partial charge in [-0.25, -0.2) is 10.8 Å². The first-order chi connectivity index (χ1) is 4.34. The van der Waals surface area contributed by atoms with Crippen LogP contribution in [0.25, 0.3) is 0 Å². The number of nitrogen functional groups attached to an aromatic ring is 1. The SMILES string of the molecule is NNc1ncccc1S. The third kappa shape index (κ3) is 1.34. The van der Waals surface area contributed by atoms with E-state index in [1.54, 1.807) is 12.3 Å². The van der Waals surface area contributed by atoms with Crippen molar-refractivity contribution in [2.75, 3.05) is 5.43 Å². The van der Waals surface area contributed by atoms with Gasteiger partial charge in [-0.3, -0.25) is 0 Å². The molecule has 0 atom stereocenters. The number of rotatable bonds is 1. The summed E-state index contributed by atoms with van der Waals surface area (Å²) in [5.74, 6) is 5.69. The van der Waals surface area contributed by atoms with Gasteiger partial charge < -0.3 is 5.43 Å². The van der Waals surface area contributed by atoms with Gasteiger partial charge in [0.2, 0.25) is 0 Å². The predicted molar refractivity (Wildman–Crippen MR) is 39.3 cm³/mol. The molecule has 3 N–H and O–H groups in total. The highest BCUT2D eigenvalue weighted by Gasteiger charge is 1.92. The van der Waals surface area contributed by atoms with Crippen molar-refractivity contribution in [3.63, 3.8) is 0 Å². The summed E-state index contributed by atoms with van der Waals surface area (Å²) in [4.78, 5) is 4.63. The van der Waals surface area contributed by atoms with Crippen LogP contribution < -0.4 is 11.3 Å². The van der Waals surface area contributed by atoms with Crippen LogP contribution in [-0.4, -0.2) is 4.98 Å². The molecule has 0 saturated heterocycles. The van der Waals surface area contributed by atoms with Crippen molar-refractivity contribution in [3.8, 4) is 0 Å². The molecule has 0 amide bonds. The number of nitrogens with zero attached hydrogens (tertiary/aromatic N) is 1. The maximum absolute atomic E-state index is 5.09. The first-order valence-corrected chi connectivity index (χ1v) is 2.90. The molecule has 0 bridgehead atoms. The van der Waals surface area contributed by atoms with Crippen LogP contribution in [0.5, 0.6) is 0 Å². The van der Waals surface area contributed by atoms with Crippen LogP contribution in [0, 0.1) is 0 Å². The van der Waals surface area contributed by atoms with Crippen LogP contribution in [0.2, 0.25) is 0 Å². The van der Waals surface area contributed by atoms with Crippen molar-refractivity contribution in [2.45, 2.75) is 4.90 Å². The van der Waals surface area contributed by atoms with Crippen molar-refractivity contribution < 1.29 is 0 Å². The molecule has 0 unspecified atom stereocenters. The van der Waals surface area contributed by atoms with Gasteiger partial charge in [0.1, 0.15) is 0 Å². The zero-order valence-corrected chi connectivity index (χ0v) is 5.60. The fourth-order valence-corrected chi connectivity index (χ4v) is 0.716. The first kappa shape index (κ1) is 6.38. The van der Waals surface area contributed by atoms with Crippen LogP contribution in [0.1, 0.15) is 0 Å². The van der Waals surface area contributed by atoms with E-state index in [0.717, 1.165) is 4.90 Å². The number of thiol groups is 1. The van der Waals surface area contributed by atoms with Crippen molar-refractivity contribution in [1.29, 1.82) is 0 Å². The van der Waals surface area contributed by atoms with Crippen LogP contribution >= 0.6 is 12.6 Å². The Morgan fingerprint density at radius 2 is 2.44 bits per heavy atom. The van der Waals surface area contributed by atoms with E-state index < -0.39 is 0 Å². The van der Waals surface area contributed by atoms with E-state index >= 15 is 0 Å². The fourth-order valence-electron chi connectivity index (χ4n) is 0.508. The molecule has 0 aliphatic heterocycles. The molecular formula is C5H7N3S. The second kappa shape index (κ2) is 2.70. The summed E-state index contributed by atoms with van der Waals surface area (Å²) in [5, 5.41) is 0. The molecule has 9 heavy (non-hydrogen) atoms. The largest absolute Gasteiger partial charge is 0.308 e. The number of nitrogens with one attached hydrogen (secondary N) is 1. The summed E-state index contributed by atoms with van der Waals surface area (Å²) in [6, 6.07) is 3.61. The summed E-state index contributed by atoms with van der Waals surface area (Å²) < 4.78 is 0. The minimum absolute atomic E-state index is 0.598. The van der Waals surface area contributed by atoms with Gasteiger partial charge in [0, 0.05) is 11.1 Å². The smallest absolute Gasteiger partial charge is 0.153 e.